The summed E-state index contributed by atoms with van der Waals surface area (Å²) in [5, 5.41) is 5.68. The van der Waals surface area contributed by atoms with Crippen molar-refractivity contribution in [1.82, 2.24) is 15.2 Å². The molecule has 1 fully saturated rings. The maximum absolute atomic E-state index is 12.5. The van der Waals surface area contributed by atoms with Crippen LogP contribution >= 0.6 is 11.3 Å². The first-order valence-electron chi connectivity index (χ1n) is 12.0. The Morgan fingerprint density at radius 1 is 1.15 bits per heavy atom. The Bertz CT molecular complexity index is 1120. The first-order chi connectivity index (χ1) is 16.6. The first kappa shape index (κ1) is 22.9. The molecule has 0 radical (unpaired) electrons. The molecule has 0 saturated heterocycles. The Kier molecular flexibility index (Phi) is 6.83. The minimum absolute atomic E-state index is 0.136. The van der Waals surface area contributed by atoms with Crippen LogP contribution in [-0.4, -0.2) is 42.7 Å². The third kappa shape index (κ3) is 5.10. The Morgan fingerprint density at radius 2 is 1.94 bits per heavy atom. The monoisotopic (exact) mass is 477 g/mol. The van der Waals surface area contributed by atoms with Gasteiger partial charge in [0.25, 0.3) is 0 Å². The van der Waals surface area contributed by atoms with Gasteiger partial charge in [-0.15, -0.1) is 11.3 Å². The zero-order chi connectivity index (χ0) is 23.5. The summed E-state index contributed by atoms with van der Waals surface area (Å²) >= 11 is 1.48. The summed E-state index contributed by atoms with van der Waals surface area (Å²) in [6.45, 7) is 0.731. The van der Waals surface area contributed by atoms with Gasteiger partial charge >= 0.3 is 6.09 Å². The second-order valence-electron chi connectivity index (χ2n) is 9.38. The summed E-state index contributed by atoms with van der Waals surface area (Å²) in [6.07, 6.45) is 4.56. The molecule has 1 amide bonds. The van der Waals surface area contributed by atoms with Gasteiger partial charge in [0.1, 0.15) is 10.8 Å². The molecular weight excluding hydrogens is 446 g/mol. The van der Waals surface area contributed by atoms with E-state index in [1.807, 2.05) is 12.1 Å². The van der Waals surface area contributed by atoms with Crippen molar-refractivity contribution in [3.05, 3.63) is 65.0 Å². The average molecular weight is 478 g/mol. The molecule has 5 rings (SSSR count). The maximum atomic E-state index is 12.5. The number of ether oxygens (including phenoxy) is 2. The fourth-order valence-corrected chi connectivity index (χ4v) is 5.99. The van der Waals surface area contributed by atoms with Crippen molar-refractivity contribution in [3.8, 4) is 22.2 Å². The molecule has 1 aliphatic carbocycles. The number of nitrogens with zero attached hydrogens (tertiary/aromatic N) is 2. The highest BCUT2D eigenvalue weighted by atomic mass is 32.1. The van der Waals surface area contributed by atoms with Crippen molar-refractivity contribution in [2.45, 2.75) is 44.2 Å². The summed E-state index contributed by atoms with van der Waals surface area (Å²) in [5.41, 5.74) is 3.59. The number of hydrogen-bond donors (Lipinski definition) is 1. The molecule has 1 atom stereocenters. The number of amides is 1. The quantitative estimate of drug-likeness (QED) is 0.494. The van der Waals surface area contributed by atoms with Crippen molar-refractivity contribution in [2.24, 2.45) is 5.92 Å². The Morgan fingerprint density at radius 3 is 2.71 bits per heavy atom. The van der Waals surface area contributed by atoms with Crippen LogP contribution in [0.5, 0.6) is 11.6 Å². The smallest absolute Gasteiger partial charge is 0.414 e. The lowest BCUT2D eigenvalue weighted by atomic mass is 9.79. The zero-order valence-electron chi connectivity index (χ0n) is 19.7. The highest BCUT2D eigenvalue weighted by molar-refractivity contribution is 7.13. The number of nitrogens with one attached hydrogen (secondary N) is 1. The molecule has 0 spiro atoms. The molecule has 1 saturated carbocycles. The summed E-state index contributed by atoms with van der Waals surface area (Å²) < 4.78 is 11.1. The molecule has 34 heavy (non-hydrogen) atoms. The van der Waals surface area contributed by atoms with E-state index in [1.54, 1.807) is 5.38 Å². The lowest BCUT2D eigenvalue weighted by Gasteiger charge is -2.37. The standard InChI is InChI=1S/C27H31N3O3S/c1-30(2)25(18-6-4-3-5-7-18)19-8-11-22(12-9-19)28-27(31)33-24-17-34-26(29-24)21-10-13-23-20(16-21)14-15-32-23/h3-7,10,13,16-17,19,22,25H,8-9,11-12,14-15H2,1-2H3,(H,28,31). The van der Waals surface area contributed by atoms with E-state index in [0.717, 1.165) is 55.0 Å². The van der Waals surface area contributed by atoms with Crippen molar-refractivity contribution in [1.29, 1.82) is 0 Å². The number of benzene rings is 2. The Balaban J connectivity index is 1.14. The van der Waals surface area contributed by atoms with E-state index in [4.69, 9.17) is 9.47 Å². The number of rotatable bonds is 6. The lowest BCUT2D eigenvalue weighted by Crippen LogP contribution is -2.41. The lowest BCUT2D eigenvalue weighted by molar-refractivity contribution is 0.150. The molecule has 7 heteroatoms. The van der Waals surface area contributed by atoms with Gasteiger partial charge in [0, 0.05) is 24.1 Å². The minimum Gasteiger partial charge on any atom is -0.493 e. The summed E-state index contributed by atoms with van der Waals surface area (Å²) in [7, 11) is 4.30. The number of aromatic nitrogens is 1. The SMILES string of the molecule is CN(C)C(c1ccccc1)C1CCC(NC(=O)Oc2csc(-c3ccc4c(c3)CCO4)n2)CC1. The van der Waals surface area contributed by atoms with Crippen molar-refractivity contribution >= 4 is 17.4 Å². The van der Waals surface area contributed by atoms with Crippen LogP contribution in [0.1, 0.15) is 42.9 Å². The van der Waals surface area contributed by atoms with Gasteiger partial charge in [-0.25, -0.2) is 9.78 Å². The van der Waals surface area contributed by atoms with E-state index in [0.29, 0.717) is 17.8 Å². The third-order valence-electron chi connectivity index (χ3n) is 6.85. The van der Waals surface area contributed by atoms with Crippen LogP contribution in [-0.2, 0) is 6.42 Å². The normalized spacial score (nSPS) is 20.4. The highest BCUT2D eigenvalue weighted by Gasteiger charge is 2.30. The summed E-state index contributed by atoms with van der Waals surface area (Å²) in [4.78, 5) is 19.4. The van der Waals surface area contributed by atoms with E-state index in [9.17, 15) is 4.79 Å². The van der Waals surface area contributed by atoms with Gasteiger partial charge in [-0.2, -0.15) is 0 Å². The second-order valence-corrected chi connectivity index (χ2v) is 10.2. The van der Waals surface area contributed by atoms with Crippen molar-refractivity contribution in [2.75, 3.05) is 20.7 Å². The van der Waals surface area contributed by atoms with Gasteiger partial charge in [-0.3, -0.25) is 0 Å². The molecule has 3 aromatic rings. The van der Waals surface area contributed by atoms with Crippen LogP contribution in [0.3, 0.4) is 0 Å². The summed E-state index contributed by atoms with van der Waals surface area (Å²) in [6, 6.07) is 17.3. The first-order valence-corrected chi connectivity index (χ1v) is 12.9. The van der Waals surface area contributed by atoms with E-state index in [2.05, 4.69) is 65.7 Å². The molecular formula is C27H31N3O3S. The van der Waals surface area contributed by atoms with Crippen LogP contribution in [0.15, 0.2) is 53.9 Å². The molecule has 1 aliphatic heterocycles. The van der Waals surface area contributed by atoms with Crippen LogP contribution < -0.4 is 14.8 Å². The fraction of sp³-hybridized carbons (Fsp3) is 0.407. The van der Waals surface area contributed by atoms with Crippen LogP contribution in [0.2, 0.25) is 0 Å². The minimum atomic E-state index is -0.421. The van der Waals surface area contributed by atoms with E-state index in [1.165, 1.54) is 22.5 Å². The van der Waals surface area contributed by atoms with Gasteiger partial charge in [0.2, 0.25) is 5.88 Å². The number of thiazole rings is 1. The van der Waals surface area contributed by atoms with Crippen LogP contribution in [0, 0.1) is 5.92 Å². The largest absolute Gasteiger partial charge is 0.493 e. The van der Waals surface area contributed by atoms with Gasteiger partial charge in [-0.1, -0.05) is 30.3 Å². The molecule has 1 unspecified atom stereocenters. The average Bonchev–Trinajstić information content (AvgIpc) is 3.50. The van der Waals surface area contributed by atoms with Crippen molar-refractivity contribution < 1.29 is 14.3 Å². The Hall–Kier alpha value is -2.90. The number of hydrogen-bond acceptors (Lipinski definition) is 6. The topological polar surface area (TPSA) is 63.7 Å². The predicted molar refractivity (Wildman–Crippen MR) is 135 cm³/mol. The number of carbonyl (C=O) groups is 1. The zero-order valence-corrected chi connectivity index (χ0v) is 20.5. The van der Waals surface area contributed by atoms with Crippen LogP contribution in [0.25, 0.3) is 10.6 Å². The molecule has 178 valence electrons. The molecule has 1 aromatic heterocycles. The second kappa shape index (κ2) is 10.2. The molecule has 2 aliphatic rings. The maximum Gasteiger partial charge on any atom is 0.414 e. The fourth-order valence-electron chi connectivity index (χ4n) is 5.27. The van der Waals surface area contributed by atoms with Gasteiger partial charge in [0.05, 0.1) is 12.0 Å². The van der Waals surface area contributed by atoms with Gasteiger partial charge < -0.3 is 19.7 Å². The molecule has 0 bridgehead atoms. The Labute approximate surface area is 204 Å². The van der Waals surface area contributed by atoms with Gasteiger partial charge in [-0.05, 0) is 75.0 Å². The molecule has 2 heterocycles. The summed E-state index contributed by atoms with van der Waals surface area (Å²) in [5.74, 6) is 1.87. The van der Waals surface area contributed by atoms with Gasteiger partial charge in [0.15, 0.2) is 0 Å². The van der Waals surface area contributed by atoms with Crippen LogP contribution in [0.4, 0.5) is 4.79 Å². The highest BCUT2D eigenvalue weighted by Crippen LogP contribution is 2.37. The molecule has 2 aromatic carbocycles. The van der Waals surface area contributed by atoms with Crippen molar-refractivity contribution in [3.63, 3.8) is 0 Å². The number of fused-ring (bicyclic) bond motifs is 1. The van der Waals surface area contributed by atoms with E-state index < -0.39 is 6.09 Å². The molecule has 6 nitrogen and oxygen atoms in total. The van der Waals surface area contributed by atoms with E-state index in [-0.39, 0.29) is 6.04 Å². The molecule has 1 N–H and O–H groups in total. The van der Waals surface area contributed by atoms with E-state index >= 15 is 0 Å². The third-order valence-corrected chi connectivity index (χ3v) is 7.72. The number of carbonyl (C=O) groups excluding carboxylic acids is 1. The predicted octanol–water partition coefficient (Wildman–Crippen LogP) is 5.70.